The normalized spacial score (nSPS) is 18.9. The highest BCUT2D eigenvalue weighted by atomic mass is 16.5. The highest BCUT2D eigenvalue weighted by Gasteiger charge is 2.37. The first-order valence-corrected chi connectivity index (χ1v) is 14.9. The molecule has 4 N–H and O–H groups in total. The van der Waals surface area contributed by atoms with Crippen molar-refractivity contribution in [3.8, 4) is 23.1 Å². The Bertz CT molecular complexity index is 1670. The number of H-pyrrole nitrogens is 2. The summed E-state index contributed by atoms with van der Waals surface area (Å²) in [6.45, 7) is 5.47. The Hall–Kier alpha value is -4.62. The summed E-state index contributed by atoms with van der Waals surface area (Å²) in [6, 6.07) is 13.5. The molecule has 2 aromatic carbocycles. The summed E-state index contributed by atoms with van der Waals surface area (Å²) in [4.78, 5) is 43.4. The number of alkyl carbamates (subject to hydrolysis) is 1. The zero-order chi connectivity index (χ0) is 29.9. The summed E-state index contributed by atoms with van der Waals surface area (Å²) in [6.07, 6.45) is 5.24. The minimum absolute atomic E-state index is 0.0849. The number of carbonyl (C=O) groups excluding carboxylic acids is 2. The quantitative estimate of drug-likeness (QED) is 0.243. The van der Waals surface area contributed by atoms with Crippen LogP contribution < -0.4 is 10.6 Å². The molecule has 2 saturated heterocycles. The third-order valence-corrected chi connectivity index (χ3v) is 8.28. The number of likely N-dealkylation sites (tertiary alicyclic amines) is 1. The largest absolute Gasteiger partial charge is 0.453 e. The number of benzene rings is 2. The molecule has 2 aliphatic rings. The van der Waals surface area contributed by atoms with Gasteiger partial charge in [-0.05, 0) is 74.0 Å². The maximum Gasteiger partial charge on any atom is 0.407 e. The second kappa shape index (κ2) is 12.3. The van der Waals surface area contributed by atoms with Crippen molar-refractivity contribution < 1.29 is 14.3 Å². The molecule has 43 heavy (non-hydrogen) atoms. The number of amides is 2. The van der Waals surface area contributed by atoms with Crippen molar-refractivity contribution >= 4 is 23.0 Å². The number of methoxy groups -OCH3 is 1. The number of imidazole rings is 2. The van der Waals surface area contributed by atoms with E-state index in [2.05, 4.69) is 49.6 Å². The Morgan fingerprint density at radius 3 is 2.56 bits per heavy atom. The van der Waals surface area contributed by atoms with Crippen LogP contribution in [0.3, 0.4) is 0 Å². The van der Waals surface area contributed by atoms with E-state index in [1.54, 1.807) is 0 Å². The molecule has 0 aliphatic carbocycles. The van der Waals surface area contributed by atoms with Gasteiger partial charge in [-0.25, -0.2) is 14.8 Å². The van der Waals surface area contributed by atoms with E-state index in [-0.39, 0.29) is 17.9 Å². The second-order valence-corrected chi connectivity index (χ2v) is 11.6. The predicted molar refractivity (Wildman–Crippen MR) is 164 cm³/mol. The fourth-order valence-corrected chi connectivity index (χ4v) is 5.91. The molecule has 4 aromatic rings. The van der Waals surface area contributed by atoms with Gasteiger partial charge in [-0.2, -0.15) is 0 Å². The minimum Gasteiger partial charge on any atom is -0.453 e. The number of rotatable bonds is 6. The summed E-state index contributed by atoms with van der Waals surface area (Å²) in [5, 5.41) is 6.17. The van der Waals surface area contributed by atoms with E-state index < -0.39 is 12.1 Å². The number of aromatic amines is 2. The third-order valence-electron chi connectivity index (χ3n) is 8.28. The van der Waals surface area contributed by atoms with Crippen molar-refractivity contribution in [1.29, 1.82) is 0 Å². The van der Waals surface area contributed by atoms with Gasteiger partial charge in [0.2, 0.25) is 5.91 Å². The van der Waals surface area contributed by atoms with Crippen LogP contribution in [0.4, 0.5) is 4.79 Å². The van der Waals surface area contributed by atoms with Crippen molar-refractivity contribution in [2.45, 2.75) is 57.7 Å². The van der Waals surface area contributed by atoms with Gasteiger partial charge in [0.05, 0.1) is 42.1 Å². The SMILES string of the molecule is COC(=O)N[C@H](C(=O)N1CCC[C@H]1c1nc2ccc(C#Cc3ccc(-c4cnc([C@@H]5CCCN5)[nH]4)cc3)cc2[nH]1)C(C)C. The number of ether oxygens (including phenoxy) is 1. The van der Waals surface area contributed by atoms with Gasteiger partial charge in [-0.1, -0.05) is 37.8 Å². The van der Waals surface area contributed by atoms with Crippen molar-refractivity contribution in [1.82, 2.24) is 35.5 Å². The Kier molecular flexibility index (Phi) is 8.16. The number of fused-ring (bicyclic) bond motifs is 1. The molecular weight excluding hydrogens is 542 g/mol. The molecule has 0 bridgehead atoms. The summed E-state index contributed by atoms with van der Waals surface area (Å²) in [5.74, 6) is 8.06. The molecular formula is C33H37N7O3. The monoisotopic (exact) mass is 579 g/mol. The van der Waals surface area contributed by atoms with E-state index in [4.69, 9.17) is 9.72 Å². The minimum atomic E-state index is -0.667. The molecule has 0 unspecified atom stereocenters. The molecule has 0 spiro atoms. The Labute approximate surface area is 251 Å². The lowest BCUT2D eigenvalue weighted by Crippen LogP contribution is -2.51. The highest BCUT2D eigenvalue weighted by molar-refractivity contribution is 5.86. The average molecular weight is 580 g/mol. The van der Waals surface area contributed by atoms with Crippen LogP contribution in [0.1, 0.15) is 74.4 Å². The first-order chi connectivity index (χ1) is 20.9. The first-order valence-electron chi connectivity index (χ1n) is 14.9. The zero-order valence-electron chi connectivity index (χ0n) is 24.7. The lowest BCUT2D eigenvalue weighted by molar-refractivity contribution is -0.135. The molecule has 10 heteroatoms. The van der Waals surface area contributed by atoms with Crippen molar-refractivity contribution in [2.24, 2.45) is 5.92 Å². The molecule has 6 rings (SSSR count). The van der Waals surface area contributed by atoms with Gasteiger partial charge >= 0.3 is 6.09 Å². The van der Waals surface area contributed by atoms with Gasteiger partial charge in [0.25, 0.3) is 0 Å². The van der Waals surface area contributed by atoms with Crippen molar-refractivity contribution in [3.63, 3.8) is 0 Å². The second-order valence-electron chi connectivity index (χ2n) is 11.6. The number of nitrogens with one attached hydrogen (secondary N) is 4. The summed E-state index contributed by atoms with van der Waals surface area (Å²) in [7, 11) is 1.30. The van der Waals surface area contributed by atoms with Gasteiger partial charge in [-0.3, -0.25) is 4.79 Å². The molecule has 2 amide bonds. The van der Waals surface area contributed by atoms with Crippen LogP contribution in [0.5, 0.6) is 0 Å². The van der Waals surface area contributed by atoms with Crippen LogP contribution in [-0.4, -0.2) is 63.1 Å². The van der Waals surface area contributed by atoms with Gasteiger partial charge < -0.3 is 30.2 Å². The van der Waals surface area contributed by atoms with Crippen LogP contribution in [0, 0.1) is 17.8 Å². The van der Waals surface area contributed by atoms with E-state index in [0.29, 0.717) is 12.6 Å². The molecule has 10 nitrogen and oxygen atoms in total. The topological polar surface area (TPSA) is 128 Å². The van der Waals surface area contributed by atoms with E-state index in [0.717, 1.165) is 70.9 Å². The Morgan fingerprint density at radius 1 is 1.02 bits per heavy atom. The molecule has 222 valence electrons. The van der Waals surface area contributed by atoms with E-state index in [1.165, 1.54) is 13.5 Å². The van der Waals surface area contributed by atoms with Crippen LogP contribution in [0.2, 0.25) is 0 Å². The number of nitrogens with zero attached hydrogens (tertiary/aromatic N) is 3. The first kappa shape index (κ1) is 28.5. The van der Waals surface area contributed by atoms with Crippen molar-refractivity contribution in [3.05, 3.63) is 71.4 Å². The molecule has 3 atom stereocenters. The lowest BCUT2D eigenvalue weighted by atomic mass is 10.0. The van der Waals surface area contributed by atoms with E-state index >= 15 is 0 Å². The van der Waals surface area contributed by atoms with E-state index in [1.807, 2.05) is 55.3 Å². The molecule has 4 heterocycles. The van der Waals surface area contributed by atoms with Gasteiger partial charge in [0.1, 0.15) is 17.7 Å². The van der Waals surface area contributed by atoms with Gasteiger partial charge in [0.15, 0.2) is 0 Å². The van der Waals surface area contributed by atoms with Crippen LogP contribution in [0.25, 0.3) is 22.3 Å². The number of carbonyl (C=O) groups is 2. The van der Waals surface area contributed by atoms with E-state index in [9.17, 15) is 9.59 Å². The number of hydrogen-bond donors (Lipinski definition) is 4. The Balaban J connectivity index is 1.15. The number of aromatic nitrogens is 4. The van der Waals surface area contributed by atoms with Gasteiger partial charge in [0, 0.05) is 17.7 Å². The molecule has 0 radical (unpaired) electrons. The lowest BCUT2D eigenvalue weighted by Gasteiger charge is -2.29. The van der Waals surface area contributed by atoms with Crippen molar-refractivity contribution in [2.75, 3.05) is 20.2 Å². The smallest absolute Gasteiger partial charge is 0.407 e. The van der Waals surface area contributed by atoms with Crippen LogP contribution >= 0.6 is 0 Å². The molecule has 2 aromatic heterocycles. The maximum atomic E-state index is 13.5. The molecule has 2 aliphatic heterocycles. The molecule has 0 saturated carbocycles. The van der Waals surface area contributed by atoms with Crippen LogP contribution in [-0.2, 0) is 9.53 Å². The van der Waals surface area contributed by atoms with Gasteiger partial charge in [-0.15, -0.1) is 0 Å². The fourth-order valence-electron chi connectivity index (χ4n) is 5.91. The zero-order valence-corrected chi connectivity index (χ0v) is 24.7. The predicted octanol–water partition coefficient (Wildman–Crippen LogP) is 4.82. The summed E-state index contributed by atoms with van der Waals surface area (Å²) >= 11 is 0. The Morgan fingerprint density at radius 2 is 1.81 bits per heavy atom. The standard InChI is InChI=1S/C33H37N7O3/c1-20(2)29(39-33(42)43-3)32(41)40-17-5-7-28(40)31-36-24-15-12-22(18-26(24)37-31)9-8-21-10-13-23(14-11-21)27-19-35-30(38-27)25-6-4-16-34-25/h10-15,18-20,25,28-29,34H,4-7,16-17H2,1-3H3,(H,35,38)(H,36,37)(H,39,42)/t25-,28-,29-/m0/s1. The fraction of sp³-hybridized carbons (Fsp3) is 0.394. The van der Waals surface area contributed by atoms with Crippen LogP contribution in [0.15, 0.2) is 48.7 Å². The average Bonchev–Trinajstić information content (AvgIpc) is 3.84. The molecule has 2 fully saturated rings. The number of hydrogen-bond acceptors (Lipinski definition) is 6. The maximum absolute atomic E-state index is 13.5. The third kappa shape index (κ3) is 6.13. The summed E-state index contributed by atoms with van der Waals surface area (Å²) in [5.41, 5.74) is 5.57. The highest BCUT2D eigenvalue weighted by Crippen LogP contribution is 2.33. The summed E-state index contributed by atoms with van der Waals surface area (Å²) < 4.78 is 4.74.